The fourth-order valence-corrected chi connectivity index (χ4v) is 2.77. The first-order chi connectivity index (χ1) is 11.4. The van der Waals surface area contributed by atoms with Crippen molar-refractivity contribution in [1.82, 2.24) is 9.80 Å². The van der Waals surface area contributed by atoms with Gasteiger partial charge in [-0.25, -0.2) is 0 Å². The number of hydrogen-bond donors (Lipinski definition) is 0. The second kappa shape index (κ2) is 23.4. The van der Waals surface area contributed by atoms with Crippen LogP contribution in [0.2, 0.25) is 0 Å². The number of nitrogens with zero attached hydrogens (tertiary/aromatic N) is 2. The molecule has 0 heterocycles. The van der Waals surface area contributed by atoms with Crippen LogP contribution < -0.4 is 0 Å². The molecule has 0 aliphatic heterocycles. The van der Waals surface area contributed by atoms with Crippen LogP contribution in [0.1, 0.15) is 79.1 Å². The van der Waals surface area contributed by atoms with Crippen molar-refractivity contribution in [2.75, 3.05) is 26.2 Å². The SMILES string of the molecule is CCCCN(CCCC)C([S-])=[SH+].CCCCN(CCCC)C([S-])=[SH+].[Cu+2]. The van der Waals surface area contributed by atoms with Crippen LogP contribution in [0.3, 0.4) is 0 Å². The Kier molecular flexibility index (Phi) is 29.0. The average Bonchev–Trinajstić information content (AvgIpc) is 2.55. The molecule has 0 spiro atoms. The van der Waals surface area contributed by atoms with Crippen molar-refractivity contribution in [2.45, 2.75) is 79.1 Å². The molecule has 7 heteroatoms. The standard InChI is InChI=1S/2C9H19NS2.Cu/c2*1-3-5-7-10(9(11)12)8-6-4-2;/h2*3-8H2,1-2H3,(H,11,12);/q;;+2. The summed E-state index contributed by atoms with van der Waals surface area (Å²) in [6.45, 7) is 13.0. The normalized spacial score (nSPS) is 10.2. The van der Waals surface area contributed by atoms with Crippen molar-refractivity contribution in [3.05, 3.63) is 0 Å². The third-order valence-electron chi connectivity index (χ3n) is 3.67. The van der Waals surface area contributed by atoms with Crippen LogP contribution >= 0.6 is 0 Å². The molecule has 0 amide bonds. The fourth-order valence-electron chi connectivity index (χ4n) is 2.00. The van der Waals surface area contributed by atoms with E-state index in [1.165, 1.54) is 51.4 Å². The van der Waals surface area contributed by atoms with E-state index in [0.717, 1.165) is 34.8 Å². The molecule has 0 unspecified atom stereocenters. The van der Waals surface area contributed by atoms with Gasteiger partial charge in [0.05, 0.1) is 0 Å². The van der Waals surface area contributed by atoms with Crippen LogP contribution in [0.15, 0.2) is 0 Å². The van der Waals surface area contributed by atoms with Gasteiger partial charge in [-0.05, 0) is 25.7 Å². The summed E-state index contributed by atoms with van der Waals surface area (Å²) in [4.78, 5) is 4.37. The molecule has 0 aromatic carbocycles. The minimum atomic E-state index is 0. The third kappa shape index (κ3) is 21.5. The summed E-state index contributed by atoms with van der Waals surface area (Å²) in [6.07, 6.45) is 9.74. The second-order valence-electron chi connectivity index (χ2n) is 5.95. The smallest absolute Gasteiger partial charge is 0.680 e. The molecule has 25 heavy (non-hydrogen) atoms. The van der Waals surface area contributed by atoms with E-state index < -0.39 is 0 Å². The van der Waals surface area contributed by atoms with Crippen molar-refractivity contribution < 1.29 is 17.1 Å². The van der Waals surface area contributed by atoms with E-state index in [9.17, 15) is 0 Å². The van der Waals surface area contributed by atoms with Gasteiger partial charge in [-0.1, -0.05) is 53.4 Å². The molecule has 0 atom stereocenters. The molecule has 0 rings (SSSR count). The summed E-state index contributed by atoms with van der Waals surface area (Å²) in [5.74, 6) is 0. The first-order valence-electron chi connectivity index (χ1n) is 9.40. The van der Waals surface area contributed by atoms with Gasteiger partial charge in [-0.3, -0.25) is 9.80 Å². The molecule has 0 bridgehead atoms. The van der Waals surface area contributed by atoms with Crippen LogP contribution in [-0.2, 0) is 66.8 Å². The Balaban J connectivity index is -0.000000372. The van der Waals surface area contributed by atoms with E-state index in [0.29, 0.717) is 0 Å². The third-order valence-corrected chi connectivity index (χ3v) is 4.75. The quantitative estimate of drug-likeness (QED) is 0.140. The van der Waals surface area contributed by atoms with Gasteiger partial charge in [-0.2, -0.15) is 0 Å². The predicted octanol–water partition coefficient (Wildman–Crippen LogP) is 3.60. The van der Waals surface area contributed by atoms with Crippen molar-refractivity contribution in [1.29, 1.82) is 0 Å². The fraction of sp³-hybridized carbons (Fsp3) is 0.889. The van der Waals surface area contributed by atoms with Crippen LogP contribution in [0.4, 0.5) is 0 Å². The Morgan fingerprint density at radius 2 is 0.800 bits per heavy atom. The molecule has 0 saturated heterocycles. The summed E-state index contributed by atoms with van der Waals surface area (Å²) < 4.78 is 1.49. The Labute approximate surface area is 189 Å². The van der Waals surface area contributed by atoms with E-state index in [2.05, 4.69) is 61.9 Å². The average molecular weight is 474 g/mol. The minimum absolute atomic E-state index is 0. The van der Waals surface area contributed by atoms with E-state index in [1.807, 2.05) is 0 Å². The van der Waals surface area contributed by atoms with Crippen LogP contribution in [0.5, 0.6) is 0 Å². The minimum Gasteiger partial charge on any atom is -0.680 e. The van der Waals surface area contributed by atoms with Gasteiger partial charge >= 0.3 is 17.1 Å². The Hall–Kier alpha value is 1.32. The van der Waals surface area contributed by atoms with Crippen molar-refractivity contribution in [3.63, 3.8) is 0 Å². The molecule has 1 radical (unpaired) electrons. The first-order valence-corrected chi connectivity index (χ1v) is 11.1. The second-order valence-corrected chi connectivity index (χ2v) is 8.18. The van der Waals surface area contributed by atoms with Gasteiger partial charge in [0.15, 0.2) is 0 Å². The molecule has 153 valence electrons. The molecular formula is C18H38CuN2S4+2. The van der Waals surface area contributed by atoms with Gasteiger partial charge in [0, 0.05) is 26.2 Å². The zero-order chi connectivity index (χ0) is 18.8. The molecule has 0 aromatic rings. The summed E-state index contributed by atoms with van der Waals surface area (Å²) in [5, 5.41) is 0. The summed E-state index contributed by atoms with van der Waals surface area (Å²) >= 11 is 18.5. The maximum atomic E-state index is 5.03. The van der Waals surface area contributed by atoms with Crippen molar-refractivity contribution in [2.24, 2.45) is 0 Å². The Morgan fingerprint density at radius 3 is 0.920 bits per heavy atom. The monoisotopic (exact) mass is 473 g/mol. The Bertz CT molecular complexity index is 271. The summed E-state index contributed by atoms with van der Waals surface area (Å²) in [5.41, 5.74) is 0. The van der Waals surface area contributed by atoms with Crippen LogP contribution in [0, 0.1) is 0 Å². The van der Waals surface area contributed by atoms with E-state index in [-0.39, 0.29) is 17.1 Å². The van der Waals surface area contributed by atoms with Gasteiger partial charge in [0.2, 0.25) is 0 Å². The molecule has 0 saturated carbocycles. The molecule has 2 nitrogen and oxygen atoms in total. The topological polar surface area (TPSA) is 6.48 Å². The summed E-state index contributed by atoms with van der Waals surface area (Å²) in [6, 6.07) is 0. The molecule has 0 fully saturated rings. The van der Waals surface area contributed by atoms with E-state index >= 15 is 0 Å². The van der Waals surface area contributed by atoms with Crippen molar-refractivity contribution in [3.8, 4) is 0 Å². The molecule has 0 N–H and O–H groups in total. The number of thiol groups is 2. The number of hydrogen-bond acceptors (Lipinski definition) is 2. The van der Waals surface area contributed by atoms with Gasteiger partial charge in [-0.15, -0.1) is 0 Å². The zero-order valence-corrected chi connectivity index (χ0v) is 20.8. The Morgan fingerprint density at radius 1 is 0.600 bits per heavy atom. The molecular weight excluding hydrogens is 436 g/mol. The maximum Gasteiger partial charge on any atom is 2.00 e. The molecule has 0 aromatic heterocycles. The zero-order valence-electron chi connectivity index (χ0n) is 16.4. The number of rotatable bonds is 12. The van der Waals surface area contributed by atoms with E-state index in [1.54, 1.807) is 0 Å². The predicted molar refractivity (Wildman–Crippen MR) is 125 cm³/mol. The first kappa shape index (κ1) is 31.0. The summed E-state index contributed by atoms with van der Waals surface area (Å²) in [7, 11) is 0. The van der Waals surface area contributed by atoms with Crippen LogP contribution in [-0.4, -0.2) is 44.6 Å². The largest absolute Gasteiger partial charge is 2.00 e. The maximum absolute atomic E-state index is 5.03. The molecule has 0 aliphatic carbocycles. The molecule has 0 aliphatic rings. The van der Waals surface area contributed by atoms with Gasteiger partial charge in [0.25, 0.3) is 0 Å². The van der Waals surface area contributed by atoms with Crippen molar-refractivity contribution >= 4 is 58.3 Å². The van der Waals surface area contributed by atoms with E-state index in [4.69, 9.17) is 25.3 Å². The van der Waals surface area contributed by atoms with Crippen LogP contribution in [0.25, 0.3) is 0 Å². The number of unbranched alkanes of at least 4 members (excludes halogenated alkanes) is 4. The van der Waals surface area contributed by atoms with Gasteiger partial charge in [0.1, 0.15) is 33.1 Å². The van der Waals surface area contributed by atoms with Gasteiger partial charge < -0.3 is 25.3 Å².